The van der Waals surface area contributed by atoms with Crippen LogP contribution in [0.2, 0.25) is 0 Å². The summed E-state index contributed by atoms with van der Waals surface area (Å²) in [5, 5.41) is 6.53. The summed E-state index contributed by atoms with van der Waals surface area (Å²) in [6.07, 6.45) is 6.05. The van der Waals surface area contributed by atoms with Gasteiger partial charge in [0.2, 0.25) is 0 Å². The summed E-state index contributed by atoms with van der Waals surface area (Å²) in [6.45, 7) is 8.17. The highest BCUT2D eigenvalue weighted by molar-refractivity contribution is 14.0. The molecule has 22 heavy (non-hydrogen) atoms. The van der Waals surface area contributed by atoms with Crippen molar-refractivity contribution in [3.63, 3.8) is 0 Å². The van der Waals surface area contributed by atoms with Crippen molar-refractivity contribution in [3.05, 3.63) is 29.8 Å². The molecule has 0 heterocycles. The van der Waals surface area contributed by atoms with Crippen molar-refractivity contribution in [3.8, 4) is 18.1 Å². The van der Waals surface area contributed by atoms with E-state index in [0.717, 1.165) is 31.2 Å². The van der Waals surface area contributed by atoms with E-state index in [1.807, 2.05) is 24.3 Å². The van der Waals surface area contributed by atoms with Crippen molar-refractivity contribution in [1.82, 2.24) is 10.6 Å². The van der Waals surface area contributed by atoms with Gasteiger partial charge in [0.15, 0.2) is 5.96 Å². The Morgan fingerprint density at radius 2 is 2.00 bits per heavy atom. The van der Waals surface area contributed by atoms with E-state index < -0.39 is 0 Å². The number of hydrogen-bond donors (Lipinski definition) is 2. The fourth-order valence-electron chi connectivity index (χ4n) is 1.77. The maximum atomic E-state index is 5.34. The highest BCUT2D eigenvalue weighted by atomic mass is 127. The van der Waals surface area contributed by atoms with Crippen LogP contribution >= 0.6 is 24.0 Å². The molecule has 1 aromatic rings. The topological polar surface area (TPSA) is 45.6 Å². The van der Waals surface area contributed by atoms with Crippen LogP contribution in [0.4, 0.5) is 0 Å². The molecular weight excluding hydrogens is 389 g/mol. The molecule has 0 radical (unpaired) electrons. The third-order valence-electron chi connectivity index (χ3n) is 2.69. The number of rotatable bonds is 7. The van der Waals surface area contributed by atoms with E-state index in [1.54, 1.807) is 0 Å². The van der Waals surface area contributed by atoms with Gasteiger partial charge in [-0.15, -0.1) is 30.4 Å². The molecule has 1 aromatic carbocycles. The quantitative estimate of drug-likeness (QED) is 0.312. The van der Waals surface area contributed by atoms with Crippen molar-refractivity contribution in [2.24, 2.45) is 4.99 Å². The van der Waals surface area contributed by atoms with Gasteiger partial charge in [0.25, 0.3) is 0 Å². The first kappa shape index (κ1) is 20.6. The number of aliphatic imine (C=N–C) groups is 1. The van der Waals surface area contributed by atoms with Gasteiger partial charge >= 0.3 is 0 Å². The Kier molecular flexibility index (Phi) is 11.4. The van der Waals surface area contributed by atoms with Gasteiger partial charge in [0.05, 0.1) is 0 Å². The second-order valence-electron chi connectivity index (χ2n) is 4.95. The fraction of sp³-hybridized carbons (Fsp3) is 0.471. The van der Waals surface area contributed by atoms with Crippen molar-refractivity contribution in [1.29, 1.82) is 0 Å². The zero-order chi connectivity index (χ0) is 15.5. The van der Waals surface area contributed by atoms with Gasteiger partial charge in [-0.05, 0) is 44.9 Å². The maximum Gasteiger partial charge on any atom is 0.191 e. The molecule has 1 rings (SSSR count). The number of nitrogens with one attached hydrogen (secondary N) is 2. The van der Waals surface area contributed by atoms with Crippen molar-refractivity contribution >= 4 is 29.9 Å². The molecule has 0 aliphatic heterocycles. The van der Waals surface area contributed by atoms with Gasteiger partial charge in [-0.3, -0.25) is 4.99 Å². The molecule has 0 fully saturated rings. The Hall–Kier alpha value is -1.42. The van der Waals surface area contributed by atoms with E-state index in [-0.39, 0.29) is 24.0 Å². The minimum absolute atomic E-state index is 0. The first-order chi connectivity index (χ1) is 10.2. The molecule has 0 aliphatic carbocycles. The summed E-state index contributed by atoms with van der Waals surface area (Å²) < 4.78 is 5.34. The minimum atomic E-state index is 0. The lowest BCUT2D eigenvalue weighted by Gasteiger charge is -2.13. The SMILES string of the molecule is C#CCOc1ccc(CCN=C(NCC)NC(C)C)cc1.I. The molecule has 0 unspecified atom stereocenters. The number of ether oxygens (including phenoxy) is 1. The molecule has 0 saturated carbocycles. The molecule has 4 nitrogen and oxygen atoms in total. The Morgan fingerprint density at radius 3 is 2.55 bits per heavy atom. The van der Waals surface area contributed by atoms with Crippen LogP contribution in [0.5, 0.6) is 5.75 Å². The fourth-order valence-corrected chi connectivity index (χ4v) is 1.77. The summed E-state index contributed by atoms with van der Waals surface area (Å²) in [5.41, 5.74) is 1.23. The average molecular weight is 415 g/mol. The minimum Gasteiger partial charge on any atom is -0.481 e. The average Bonchev–Trinajstić information content (AvgIpc) is 2.46. The smallest absolute Gasteiger partial charge is 0.191 e. The van der Waals surface area contributed by atoms with Crippen molar-refractivity contribution in [2.45, 2.75) is 33.2 Å². The Labute approximate surface area is 151 Å². The molecule has 0 aliphatic rings. The van der Waals surface area contributed by atoms with E-state index in [0.29, 0.717) is 12.6 Å². The molecule has 0 aromatic heterocycles. The highest BCUT2D eigenvalue weighted by Gasteiger charge is 1.99. The molecule has 0 bridgehead atoms. The zero-order valence-electron chi connectivity index (χ0n) is 13.6. The lowest BCUT2D eigenvalue weighted by atomic mass is 10.1. The second kappa shape index (κ2) is 12.2. The van der Waals surface area contributed by atoms with E-state index >= 15 is 0 Å². The van der Waals surface area contributed by atoms with E-state index in [4.69, 9.17) is 11.2 Å². The Balaban J connectivity index is 0.00000441. The molecule has 0 amide bonds. The van der Waals surface area contributed by atoms with Gasteiger partial charge in [0.1, 0.15) is 12.4 Å². The van der Waals surface area contributed by atoms with Crippen molar-refractivity contribution < 1.29 is 4.74 Å². The summed E-state index contributed by atoms with van der Waals surface area (Å²) in [4.78, 5) is 4.56. The first-order valence-corrected chi connectivity index (χ1v) is 7.35. The predicted molar refractivity (Wildman–Crippen MR) is 104 cm³/mol. The number of terminal acetylenes is 1. The second-order valence-corrected chi connectivity index (χ2v) is 4.95. The van der Waals surface area contributed by atoms with E-state index in [9.17, 15) is 0 Å². The first-order valence-electron chi connectivity index (χ1n) is 7.35. The zero-order valence-corrected chi connectivity index (χ0v) is 15.9. The van der Waals surface area contributed by atoms with Crippen LogP contribution in [-0.2, 0) is 6.42 Å². The molecule has 122 valence electrons. The molecule has 0 atom stereocenters. The maximum absolute atomic E-state index is 5.34. The number of hydrogen-bond acceptors (Lipinski definition) is 2. The number of guanidine groups is 1. The molecule has 0 saturated heterocycles. The summed E-state index contributed by atoms with van der Waals surface area (Å²) in [6, 6.07) is 8.34. The standard InChI is InChI=1S/C17H25N3O.HI/c1-5-13-21-16-9-7-15(8-10-16)11-12-19-17(18-6-2)20-14(3)4;/h1,7-10,14H,6,11-13H2,2-4H3,(H2,18,19,20);1H. The lowest BCUT2D eigenvalue weighted by molar-refractivity contribution is 0.370. The highest BCUT2D eigenvalue weighted by Crippen LogP contribution is 2.12. The van der Waals surface area contributed by atoms with Crippen LogP contribution in [0.25, 0.3) is 0 Å². The van der Waals surface area contributed by atoms with Gasteiger partial charge in [-0.1, -0.05) is 18.1 Å². The monoisotopic (exact) mass is 415 g/mol. The largest absolute Gasteiger partial charge is 0.481 e. The van der Waals surface area contributed by atoms with Gasteiger partial charge < -0.3 is 15.4 Å². The van der Waals surface area contributed by atoms with Crippen LogP contribution < -0.4 is 15.4 Å². The number of benzene rings is 1. The third kappa shape index (κ3) is 8.78. The molecule has 0 spiro atoms. The predicted octanol–water partition coefficient (Wildman–Crippen LogP) is 2.82. The van der Waals surface area contributed by atoms with Crippen LogP contribution in [0.3, 0.4) is 0 Å². The van der Waals surface area contributed by atoms with E-state index in [2.05, 4.69) is 42.3 Å². The third-order valence-corrected chi connectivity index (χ3v) is 2.69. The molecule has 2 N–H and O–H groups in total. The van der Waals surface area contributed by atoms with Crippen LogP contribution in [0.15, 0.2) is 29.3 Å². The normalized spacial score (nSPS) is 10.6. The van der Waals surface area contributed by atoms with Crippen LogP contribution in [-0.4, -0.2) is 31.7 Å². The van der Waals surface area contributed by atoms with Gasteiger partial charge in [0, 0.05) is 19.1 Å². The van der Waals surface area contributed by atoms with Crippen LogP contribution in [0, 0.1) is 12.3 Å². The van der Waals surface area contributed by atoms with Gasteiger partial charge in [-0.2, -0.15) is 0 Å². The lowest BCUT2D eigenvalue weighted by Crippen LogP contribution is -2.41. The van der Waals surface area contributed by atoms with Crippen molar-refractivity contribution in [2.75, 3.05) is 19.7 Å². The molecule has 5 heteroatoms. The summed E-state index contributed by atoms with van der Waals surface area (Å²) in [7, 11) is 0. The van der Waals surface area contributed by atoms with Crippen LogP contribution in [0.1, 0.15) is 26.3 Å². The Morgan fingerprint density at radius 1 is 1.32 bits per heavy atom. The molecular formula is C17H26IN3O. The number of nitrogens with zero attached hydrogens (tertiary/aromatic N) is 1. The Bertz CT molecular complexity index is 478. The summed E-state index contributed by atoms with van der Waals surface area (Å²) in [5.74, 6) is 4.11. The van der Waals surface area contributed by atoms with E-state index in [1.165, 1.54) is 5.56 Å². The number of halogens is 1. The van der Waals surface area contributed by atoms with Gasteiger partial charge in [-0.25, -0.2) is 0 Å². The summed E-state index contributed by atoms with van der Waals surface area (Å²) >= 11 is 0.